The predicted octanol–water partition coefficient (Wildman–Crippen LogP) is 0.525. The Morgan fingerprint density at radius 1 is 1.33 bits per heavy atom. The maximum atomic E-state index is 11.8. The highest BCUT2D eigenvalue weighted by Crippen LogP contribution is 2.24. The molecule has 1 aliphatic rings. The van der Waals surface area contributed by atoms with Crippen LogP contribution in [0.4, 0.5) is 5.69 Å². The van der Waals surface area contributed by atoms with Gasteiger partial charge < -0.3 is 10.6 Å². The van der Waals surface area contributed by atoms with Gasteiger partial charge in [0, 0.05) is 12.2 Å². The van der Waals surface area contributed by atoms with E-state index in [1.54, 1.807) is 4.90 Å². The Kier molecular flexibility index (Phi) is 2.41. The fourth-order valence-corrected chi connectivity index (χ4v) is 1.81. The van der Waals surface area contributed by atoms with Crippen LogP contribution in [-0.2, 0) is 9.59 Å². The highest BCUT2D eigenvalue weighted by molar-refractivity contribution is 6.09. The van der Waals surface area contributed by atoms with E-state index in [1.807, 2.05) is 30.3 Å². The fraction of sp³-hybridized carbons (Fsp3) is 0.273. The zero-order chi connectivity index (χ0) is 10.8. The fourth-order valence-electron chi connectivity index (χ4n) is 1.81. The van der Waals surface area contributed by atoms with Crippen LogP contribution in [0.5, 0.6) is 0 Å². The summed E-state index contributed by atoms with van der Waals surface area (Å²) in [6.45, 7) is 0.566. The van der Waals surface area contributed by atoms with Crippen molar-refractivity contribution in [3.05, 3.63) is 30.3 Å². The van der Waals surface area contributed by atoms with Crippen molar-refractivity contribution in [2.24, 2.45) is 11.7 Å². The molecule has 15 heavy (non-hydrogen) atoms. The van der Waals surface area contributed by atoms with Gasteiger partial charge in [-0.1, -0.05) is 18.2 Å². The molecular formula is C11H12N2O2. The lowest BCUT2D eigenvalue weighted by Gasteiger charge is -2.15. The summed E-state index contributed by atoms with van der Waals surface area (Å²) in [4.78, 5) is 24.3. The predicted molar refractivity (Wildman–Crippen MR) is 56.1 cm³/mol. The van der Waals surface area contributed by atoms with Gasteiger partial charge in [0.05, 0.1) is 0 Å². The number of benzene rings is 1. The number of amides is 2. The summed E-state index contributed by atoms with van der Waals surface area (Å²) in [5, 5.41) is 0. The van der Waals surface area contributed by atoms with Gasteiger partial charge in [0.2, 0.25) is 11.8 Å². The molecule has 1 fully saturated rings. The SMILES string of the molecule is NC(=O)C1CCN(c2ccccc2)C1=O. The number of anilines is 1. The van der Waals surface area contributed by atoms with Crippen LogP contribution in [0, 0.1) is 5.92 Å². The van der Waals surface area contributed by atoms with Crippen LogP contribution >= 0.6 is 0 Å². The van der Waals surface area contributed by atoms with Gasteiger partial charge in [-0.3, -0.25) is 9.59 Å². The van der Waals surface area contributed by atoms with E-state index in [9.17, 15) is 9.59 Å². The third-order valence-electron chi connectivity index (χ3n) is 2.62. The van der Waals surface area contributed by atoms with E-state index >= 15 is 0 Å². The number of carbonyl (C=O) groups excluding carboxylic acids is 2. The van der Waals surface area contributed by atoms with Gasteiger partial charge in [-0.15, -0.1) is 0 Å². The molecule has 1 saturated heterocycles. The number of rotatable bonds is 2. The molecule has 1 aliphatic heterocycles. The standard InChI is InChI=1S/C11H12N2O2/c12-10(14)9-6-7-13(11(9)15)8-4-2-1-3-5-8/h1-5,9H,6-7H2,(H2,12,14). The lowest BCUT2D eigenvalue weighted by atomic mass is 10.1. The molecule has 0 saturated carbocycles. The lowest BCUT2D eigenvalue weighted by Crippen LogP contribution is -2.33. The molecule has 2 amide bonds. The first-order valence-electron chi connectivity index (χ1n) is 4.86. The summed E-state index contributed by atoms with van der Waals surface area (Å²) in [5.41, 5.74) is 5.97. The summed E-state index contributed by atoms with van der Waals surface area (Å²) >= 11 is 0. The molecule has 1 heterocycles. The van der Waals surface area contributed by atoms with Crippen molar-refractivity contribution in [3.63, 3.8) is 0 Å². The summed E-state index contributed by atoms with van der Waals surface area (Å²) in [6, 6.07) is 9.30. The van der Waals surface area contributed by atoms with Crippen LogP contribution in [0.3, 0.4) is 0 Å². The minimum absolute atomic E-state index is 0.186. The summed E-state index contributed by atoms with van der Waals surface area (Å²) < 4.78 is 0. The Morgan fingerprint density at radius 2 is 2.00 bits per heavy atom. The number of hydrogen-bond donors (Lipinski definition) is 1. The van der Waals surface area contributed by atoms with E-state index in [0.717, 1.165) is 5.69 Å². The van der Waals surface area contributed by atoms with Gasteiger partial charge in [-0.25, -0.2) is 0 Å². The normalized spacial score (nSPS) is 20.7. The summed E-state index contributed by atoms with van der Waals surface area (Å²) in [6.07, 6.45) is 0.517. The third-order valence-corrected chi connectivity index (χ3v) is 2.62. The third kappa shape index (κ3) is 1.70. The average molecular weight is 204 g/mol. The molecule has 1 aromatic carbocycles. The molecule has 0 spiro atoms. The van der Waals surface area contributed by atoms with Crippen molar-refractivity contribution >= 4 is 17.5 Å². The average Bonchev–Trinajstić information content (AvgIpc) is 2.61. The van der Waals surface area contributed by atoms with E-state index in [4.69, 9.17) is 5.73 Å². The molecule has 1 aromatic rings. The number of para-hydroxylation sites is 1. The molecule has 0 aliphatic carbocycles. The van der Waals surface area contributed by atoms with Crippen molar-refractivity contribution in [3.8, 4) is 0 Å². The second-order valence-corrected chi connectivity index (χ2v) is 3.57. The van der Waals surface area contributed by atoms with E-state index in [1.165, 1.54) is 0 Å². The van der Waals surface area contributed by atoms with Gasteiger partial charge in [0.1, 0.15) is 5.92 Å². The molecule has 0 bridgehead atoms. The molecule has 2 N–H and O–H groups in total. The number of nitrogens with two attached hydrogens (primary N) is 1. The number of primary amides is 1. The number of nitrogens with zero attached hydrogens (tertiary/aromatic N) is 1. The second-order valence-electron chi connectivity index (χ2n) is 3.57. The van der Waals surface area contributed by atoms with Crippen molar-refractivity contribution in [2.75, 3.05) is 11.4 Å². The van der Waals surface area contributed by atoms with Crippen LogP contribution < -0.4 is 10.6 Å². The maximum absolute atomic E-state index is 11.8. The van der Waals surface area contributed by atoms with Gasteiger partial charge in [-0.2, -0.15) is 0 Å². The zero-order valence-corrected chi connectivity index (χ0v) is 8.22. The summed E-state index contributed by atoms with van der Waals surface area (Å²) in [5.74, 6) is -1.36. The Balaban J connectivity index is 2.21. The molecular weight excluding hydrogens is 192 g/mol. The second kappa shape index (κ2) is 3.73. The van der Waals surface area contributed by atoms with Gasteiger partial charge >= 0.3 is 0 Å². The zero-order valence-electron chi connectivity index (χ0n) is 8.22. The Bertz CT molecular complexity index is 389. The largest absolute Gasteiger partial charge is 0.369 e. The monoisotopic (exact) mass is 204 g/mol. The van der Waals surface area contributed by atoms with Gasteiger partial charge in [-0.05, 0) is 18.6 Å². The Morgan fingerprint density at radius 3 is 2.53 bits per heavy atom. The van der Waals surface area contributed by atoms with Crippen LogP contribution in [0.15, 0.2) is 30.3 Å². The first kappa shape index (κ1) is 9.71. The van der Waals surface area contributed by atoms with E-state index in [2.05, 4.69) is 0 Å². The van der Waals surface area contributed by atoms with Crippen LogP contribution in [0.25, 0.3) is 0 Å². The van der Waals surface area contributed by atoms with Crippen molar-refractivity contribution in [2.45, 2.75) is 6.42 Å². The smallest absolute Gasteiger partial charge is 0.239 e. The van der Waals surface area contributed by atoms with Crippen molar-refractivity contribution < 1.29 is 9.59 Å². The molecule has 4 nitrogen and oxygen atoms in total. The maximum Gasteiger partial charge on any atom is 0.239 e. The first-order chi connectivity index (χ1) is 7.20. The molecule has 0 radical (unpaired) electrons. The molecule has 2 rings (SSSR count). The number of hydrogen-bond acceptors (Lipinski definition) is 2. The van der Waals surface area contributed by atoms with E-state index < -0.39 is 11.8 Å². The van der Waals surface area contributed by atoms with Gasteiger partial charge in [0.25, 0.3) is 0 Å². The van der Waals surface area contributed by atoms with E-state index in [-0.39, 0.29) is 5.91 Å². The quantitative estimate of drug-likeness (QED) is 0.714. The highest BCUT2D eigenvalue weighted by atomic mass is 16.2. The number of carbonyl (C=O) groups is 2. The van der Waals surface area contributed by atoms with Crippen molar-refractivity contribution in [1.82, 2.24) is 0 Å². The Labute approximate surface area is 87.7 Å². The molecule has 1 atom stereocenters. The molecule has 4 heteroatoms. The minimum Gasteiger partial charge on any atom is -0.369 e. The highest BCUT2D eigenvalue weighted by Gasteiger charge is 2.36. The van der Waals surface area contributed by atoms with Crippen molar-refractivity contribution in [1.29, 1.82) is 0 Å². The topological polar surface area (TPSA) is 63.4 Å². The lowest BCUT2D eigenvalue weighted by molar-refractivity contribution is -0.130. The molecule has 1 unspecified atom stereocenters. The first-order valence-corrected chi connectivity index (χ1v) is 4.86. The Hall–Kier alpha value is -1.84. The van der Waals surface area contributed by atoms with Crippen LogP contribution in [0.1, 0.15) is 6.42 Å². The molecule has 0 aromatic heterocycles. The summed E-state index contributed by atoms with van der Waals surface area (Å²) in [7, 11) is 0. The van der Waals surface area contributed by atoms with Crippen LogP contribution in [-0.4, -0.2) is 18.4 Å². The minimum atomic E-state index is -0.648. The van der Waals surface area contributed by atoms with E-state index in [0.29, 0.717) is 13.0 Å². The van der Waals surface area contributed by atoms with Gasteiger partial charge in [0.15, 0.2) is 0 Å². The molecule has 78 valence electrons. The van der Waals surface area contributed by atoms with Crippen LogP contribution in [0.2, 0.25) is 0 Å².